The van der Waals surface area contributed by atoms with Crippen LogP contribution in [0.2, 0.25) is 0 Å². The molecule has 2 N–H and O–H groups in total. The minimum atomic E-state index is -0.141. The second kappa shape index (κ2) is 9.79. The molecule has 2 aliphatic rings. The van der Waals surface area contributed by atoms with Crippen LogP contribution in [0.15, 0.2) is 30.3 Å². The van der Waals surface area contributed by atoms with E-state index >= 15 is 0 Å². The average molecular weight is 466 g/mol. The lowest BCUT2D eigenvalue weighted by Gasteiger charge is -2.36. The molecule has 0 saturated carbocycles. The maximum Gasteiger partial charge on any atom is 0.229 e. The smallest absolute Gasteiger partial charge is 0.229 e. The topological polar surface area (TPSA) is 104 Å². The molecule has 3 aromatic rings. The minimum absolute atomic E-state index is 0.0936. The Kier molecular flexibility index (Phi) is 6.60. The fourth-order valence-corrected chi connectivity index (χ4v) is 4.73. The van der Waals surface area contributed by atoms with Crippen LogP contribution in [0.1, 0.15) is 25.0 Å². The molecular formula is C25H31N5O4. The fourth-order valence-electron chi connectivity index (χ4n) is 4.73. The highest BCUT2D eigenvalue weighted by Crippen LogP contribution is 2.30. The van der Waals surface area contributed by atoms with Gasteiger partial charge in [0.1, 0.15) is 5.82 Å². The zero-order valence-corrected chi connectivity index (χ0v) is 19.6. The Morgan fingerprint density at radius 2 is 1.62 bits per heavy atom. The van der Waals surface area contributed by atoms with Crippen LogP contribution in [0.4, 0.5) is 11.8 Å². The Bertz CT molecular complexity index is 1160. The summed E-state index contributed by atoms with van der Waals surface area (Å²) < 4.78 is 11.5. The molecule has 0 radical (unpaired) electrons. The largest absolute Gasteiger partial charge is 0.392 e. The normalized spacial score (nSPS) is 21.3. The lowest BCUT2D eigenvalue weighted by molar-refractivity contribution is -0.00570. The molecule has 34 heavy (non-hydrogen) atoms. The number of benzene rings is 1. The number of anilines is 2. The van der Waals surface area contributed by atoms with Crippen molar-refractivity contribution in [3.63, 3.8) is 0 Å². The van der Waals surface area contributed by atoms with Crippen LogP contribution in [0, 0.1) is 0 Å². The van der Waals surface area contributed by atoms with Gasteiger partial charge in [-0.15, -0.1) is 0 Å². The van der Waals surface area contributed by atoms with Gasteiger partial charge in [-0.25, -0.2) is 4.98 Å². The summed E-state index contributed by atoms with van der Waals surface area (Å²) in [6.45, 7) is 8.20. The summed E-state index contributed by atoms with van der Waals surface area (Å²) in [7, 11) is 0. The molecule has 1 aromatic carbocycles. The van der Waals surface area contributed by atoms with Gasteiger partial charge in [0.25, 0.3) is 0 Å². The van der Waals surface area contributed by atoms with Crippen LogP contribution >= 0.6 is 0 Å². The van der Waals surface area contributed by atoms with Crippen molar-refractivity contribution < 1.29 is 19.7 Å². The molecule has 0 spiro atoms. The van der Waals surface area contributed by atoms with E-state index in [0.717, 1.165) is 48.6 Å². The number of fused-ring (bicyclic) bond motifs is 1. The van der Waals surface area contributed by atoms with Gasteiger partial charge in [0.2, 0.25) is 5.95 Å². The number of pyridine rings is 1. The Morgan fingerprint density at radius 1 is 0.882 bits per heavy atom. The van der Waals surface area contributed by atoms with Crippen molar-refractivity contribution >= 4 is 22.8 Å². The number of morpholine rings is 2. The molecular weight excluding hydrogens is 434 g/mol. The first-order chi connectivity index (χ1) is 16.6. The first kappa shape index (κ1) is 22.9. The number of hydrogen-bond donors (Lipinski definition) is 2. The SMILES string of the molecule is C[C@@H]1CN(c2nc(N3CCOCC3)c3ccc(-c4ccc(CO)c(CO)c4)nc3n2)C[C@H](C)O1. The summed E-state index contributed by atoms with van der Waals surface area (Å²) in [6.07, 6.45) is 0.187. The predicted molar refractivity (Wildman–Crippen MR) is 130 cm³/mol. The predicted octanol–water partition coefficient (Wildman–Crippen LogP) is 2.13. The van der Waals surface area contributed by atoms with Crippen LogP contribution in [0.5, 0.6) is 0 Å². The highest BCUT2D eigenvalue weighted by molar-refractivity contribution is 5.90. The summed E-state index contributed by atoms with van der Waals surface area (Å²) in [5, 5.41) is 20.1. The van der Waals surface area contributed by atoms with Crippen LogP contribution in [-0.2, 0) is 22.7 Å². The van der Waals surface area contributed by atoms with Crippen molar-refractivity contribution in [2.45, 2.75) is 39.3 Å². The van der Waals surface area contributed by atoms with Gasteiger partial charge in [-0.1, -0.05) is 12.1 Å². The Balaban J connectivity index is 1.61. The third kappa shape index (κ3) is 4.56. The molecule has 0 amide bonds. The van der Waals surface area contributed by atoms with Crippen LogP contribution in [0.25, 0.3) is 22.3 Å². The first-order valence-corrected chi connectivity index (χ1v) is 11.8. The van der Waals surface area contributed by atoms with E-state index in [2.05, 4.69) is 23.6 Å². The molecule has 2 saturated heterocycles. The van der Waals surface area contributed by atoms with E-state index in [-0.39, 0.29) is 25.4 Å². The van der Waals surface area contributed by atoms with Crippen LogP contribution in [-0.4, -0.2) is 76.8 Å². The average Bonchev–Trinajstić information content (AvgIpc) is 2.87. The van der Waals surface area contributed by atoms with Gasteiger partial charge in [-0.2, -0.15) is 9.97 Å². The summed E-state index contributed by atoms with van der Waals surface area (Å²) in [6, 6.07) is 9.60. The van der Waals surface area contributed by atoms with E-state index in [1.54, 1.807) is 0 Å². The molecule has 0 bridgehead atoms. The maximum atomic E-state index is 9.71. The minimum Gasteiger partial charge on any atom is -0.392 e. The maximum absolute atomic E-state index is 9.71. The summed E-state index contributed by atoms with van der Waals surface area (Å²) in [5.74, 6) is 1.54. The van der Waals surface area contributed by atoms with E-state index in [1.807, 2.05) is 30.3 Å². The van der Waals surface area contributed by atoms with Crippen molar-refractivity contribution in [3.05, 3.63) is 41.5 Å². The van der Waals surface area contributed by atoms with Gasteiger partial charge in [0, 0.05) is 31.7 Å². The van der Waals surface area contributed by atoms with Crippen molar-refractivity contribution in [2.75, 3.05) is 49.2 Å². The molecule has 180 valence electrons. The van der Waals surface area contributed by atoms with E-state index in [4.69, 9.17) is 24.4 Å². The quantitative estimate of drug-likeness (QED) is 0.586. The number of hydrogen-bond acceptors (Lipinski definition) is 9. The molecule has 0 aliphatic carbocycles. The van der Waals surface area contributed by atoms with Crippen molar-refractivity contribution in [1.82, 2.24) is 15.0 Å². The van der Waals surface area contributed by atoms with Gasteiger partial charge in [-0.3, -0.25) is 0 Å². The molecule has 2 atom stereocenters. The van der Waals surface area contributed by atoms with E-state index < -0.39 is 0 Å². The van der Waals surface area contributed by atoms with Gasteiger partial charge in [-0.05, 0) is 43.2 Å². The molecule has 9 nitrogen and oxygen atoms in total. The lowest BCUT2D eigenvalue weighted by atomic mass is 10.0. The van der Waals surface area contributed by atoms with E-state index in [1.165, 1.54) is 0 Å². The van der Waals surface area contributed by atoms with Gasteiger partial charge < -0.3 is 29.5 Å². The number of aromatic nitrogens is 3. The third-order valence-electron chi connectivity index (χ3n) is 6.38. The third-order valence-corrected chi connectivity index (χ3v) is 6.38. The number of aliphatic hydroxyl groups excluding tert-OH is 2. The molecule has 5 rings (SSSR count). The molecule has 2 aromatic heterocycles. The van der Waals surface area contributed by atoms with Crippen molar-refractivity contribution in [1.29, 1.82) is 0 Å². The number of aliphatic hydroxyl groups is 2. The molecule has 2 fully saturated rings. The van der Waals surface area contributed by atoms with E-state index in [0.29, 0.717) is 35.9 Å². The van der Waals surface area contributed by atoms with Gasteiger partial charge >= 0.3 is 0 Å². The summed E-state index contributed by atoms with van der Waals surface area (Å²) >= 11 is 0. The Hall–Kier alpha value is -2.85. The van der Waals surface area contributed by atoms with Gasteiger partial charge in [0.15, 0.2) is 5.65 Å². The monoisotopic (exact) mass is 465 g/mol. The standard InChI is InChI=1S/C25H31N5O4/c1-16-12-30(13-17(2)34-16)25-27-23-21(24(28-25)29-7-9-33-10-8-29)5-6-22(26-23)18-3-4-19(14-31)20(11-18)15-32/h3-6,11,16-17,31-32H,7-10,12-15H2,1-2H3/t16-,17+. The second-order valence-corrected chi connectivity index (χ2v) is 8.98. The molecule has 4 heterocycles. The fraction of sp³-hybridized carbons (Fsp3) is 0.480. The number of rotatable bonds is 5. The molecule has 9 heteroatoms. The van der Waals surface area contributed by atoms with Gasteiger partial charge in [0.05, 0.1) is 49.7 Å². The first-order valence-electron chi connectivity index (χ1n) is 11.8. The highest BCUT2D eigenvalue weighted by Gasteiger charge is 2.26. The van der Waals surface area contributed by atoms with Crippen LogP contribution < -0.4 is 9.80 Å². The van der Waals surface area contributed by atoms with Crippen molar-refractivity contribution in [3.8, 4) is 11.3 Å². The summed E-state index contributed by atoms with van der Waals surface area (Å²) in [4.78, 5) is 19.2. The zero-order chi connectivity index (χ0) is 23.7. The lowest BCUT2D eigenvalue weighted by Crippen LogP contribution is -2.46. The summed E-state index contributed by atoms with van der Waals surface area (Å²) in [5.41, 5.74) is 3.66. The molecule has 0 unspecified atom stereocenters. The Labute approximate surface area is 199 Å². The second-order valence-electron chi connectivity index (χ2n) is 8.98. The number of nitrogens with zero attached hydrogens (tertiary/aromatic N) is 5. The number of ether oxygens (including phenoxy) is 2. The highest BCUT2D eigenvalue weighted by atomic mass is 16.5. The zero-order valence-electron chi connectivity index (χ0n) is 19.6. The van der Waals surface area contributed by atoms with E-state index in [9.17, 15) is 10.2 Å². The van der Waals surface area contributed by atoms with Crippen molar-refractivity contribution in [2.24, 2.45) is 0 Å². The van der Waals surface area contributed by atoms with Crippen LogP contribution in [0.3, 0.4) is 0 Å². The molecule has 2 aliphatic heterocycles. The Morgan fingerprint density at radius 3 is 2.32 bits per heavy atom.